The number of carbonyl (C=O) groups is 2. The maximum Gasteiger partial charge on any atom is 0.276 e. The number of rotatable bonds is 13. The maximum absolute atomic E-state index is 16.1. The van der Waals surface area contributed by atoms with Gasteiger partial charge in [0.15, 0.2) is 17.1 Å². The van der Waals surface area contributed by atoms with E-state index in [1.54, 1.807) is 18.2 Å². The van der Waals surface area contributed by atoms with E-state index in [0.29, 0.717) is 29.5 Å². The first kappa shape index (κ1) is 43.5. The lowest BCUT2D eigenvalue weighted by molar-refractivity contribution is 0.0607. The standard InChI is InChI=1S/C48H44F4N6O6/c1-4-5-15-55-25-37(41(28-9-6-12-32(49)16-28)29-10-7-13-33(50)17-29)58-44(48(55)63)46(40(60)23-54-58)64-36-20-31(19-35(52)21-36)42(30-11-8-14-34(51)18-30)38-26-56(24-27(2)3)47(62)43-45(61)39(59)22-53-57(38)43/h6-14,16-23,27,37-38,41-42,61H,4-5,15,24-26H2,1-3H3. The molecule has 2 aliphatic heterocycles. The van der Waals surface area contributed by atoms with Crippen molar-refractivity contribution in [3.63, 3.8) is 0 Å². The average Bonchev–Trinajstić information content (AvgIpc) is 3.24. The number of fused-ring (bicyclic) bond motifs is 2. The smallest absolute Gasteiger partial charge is 0.276 e. The van der Waals surface area contributed by atoms with E-state index in [1.165, 1.54) is 85.9 Å². The molecule has 64 heavy (non-hydrogen) atoms. The van der Waals surface area contributed by atoms with Gasteiger partial charge in [-0.2, -0.15) is 10.2 Å². The lowest BCUT2D eigenvalue weighted by Crippen LogP contribution is -2.48. The third kappa shape index (κ3) is 8.51. The second-order valence-corrected chi connectivity index (χ2v) is 16.6. The molecule has 8 rings (SSSR count). The van der Waals surface area contributed by atoms with Crippen LogP contribution in [0.3, 0.4) is 0 Å². The second-order valence-electron chi connectivity index (χ2n) is 16.6. The number of aromatic hydroxyl groups is 1. The Morgan fingerprint density at radius 1 is 0.656 bits per heavy atom. The molecule has 2 amide bonds. The van der Waals surface area contributed by atoms with E-state index in [1.807, 2.05) is 20.8 Å². The number of hydrogen-bond acceptors (Lipinski definition) is 8. The third-order valence-corrected chi connectivity index (χ3v) is 11.6. The van der Waals surface area contributed by atoms with Gasteiger partial charge in [-0.1, -0.05) is 63.6 Å². The molecule has 0 radical (unpaired) electrons. The minimum atomic E-state index is -1.02. The van der Waals surface area contributed by atoms with Crippen molar-refractivity contribution in [1.29, 1.82) is 0 Å². The van der Waals surface area contributed by atoms with Gasteiger partial charge in [0.25, 0.3) is 11.8 Å². The molecule has 2 aliphatic rings. The molecule has 2 aromatic heterocycles. The summed E-state index contributed by atoms with van der Waals surface area (Å²) in [6.07, 6.45) is 3.13. The molecular weight excluding hydrogens is 833 g/mol. The number of benzene rings is 4. The van der Waals surface area contributed by atoms with E-state index in [2.05, 4.69) is 10.2 Å². The highest BCUT2D eigenvalue weighted by Crippen LogP contribution is 2.43. The SMILES string of the molecule is CCCCN1CC(C(c2cccc(F)c2)c2cccc(F)c2)n2ncc(=O)c(Oc3cc(F)cc(C(c4cccc(F)c4)C4CN(CC(C)C)C(=O)c5c(O)c(=O)cnn54)c3)c2C1=O. The van der Waals surface area contributed by atoms with Crippen LogP contribution in [-0.4, -0.2) is 72.5 Å². The first-order valence-corrected chi connectivity index (χ1v) is 21.0. The van der Waals surface area contributed by atoms with Gasteiger partial charge in [-0.25, -0.2) is 17.6 Å². The molecule has 0 fully saturated rings. The molecule has 330 valence electrons. The summed E-state index contributed by atoms with van der Waals surface area (Å²) in [5.74, 6) is -7.20. The molecule has 0 saturated carbocycles. The highest BCUT2D eigenvalue weighted by molar-refractivity contribution is 5.96. The monoisotopic (exact) mass is 876 g/mol. The Bertz CT molecular complexity index is 2840. The van der Waals surface area contributed by atoms with Crippen molar-refractivity contribution >= 4 is 11.8 Å². The number of hydrogen-bond donors (Lipinski definition) is 1. The first-order chi connectivity index (χ1) is 30.7. The van der Waals surface area contributed by atoms with Crippen LogP contribution in [0.15, 0.2) is 113 Å². The maximum atomic E-state index is 16.1. The fourth-order valence-corrected chi connectivity index (χ4v) is 8.93. The summed E-state index contributed by atoms with van der Waals surface area (Å²) in [6, 6.07) is 19.0. The Labute approximate surface area is 365 Å². The Balaban J connectivity index is 1.29. The largest absolute Gasteiger partial charge is 0.502 e. The van der Waals surface area contributed by atoms with E-state index >= 15 is 8.78 Å². The first-order valence-electron chi connectivity index (χ1n) is 21.0. The second kappa shape index (κ2) is 17.9. The Kier molecular flexibility index (Phi) is 12.2. The van der Waals surface area contributed by atoms with Gasteiger partial charge in [0, 0.05) is 44.1 Å². The minimum absolute atomic E-state index is 0.0479. The molecule has 0 saturated heterocycles. The van der Waals surface area contributed by atoms with Crippen molar-refractivity contribution in [2.24, 2.45) is 5.92 Å². The van der Waals surface area contributed by atoms with Gasteiger partial charge in [0.2, 0.25) is 16.6 Å². The van der Waals surface area contributed by atoms with Gasteiger partial charge in [0.05, 0.1) is 24.5 Å². The van der Waals surface area contributed by atoms with Gasteiger partial charge in [-0.3, -0.25) is 28.5 Å². The van der Waals surface area contributed by atoms with Crippen molar-refractivity contribution in [1.82, 2.24) is 29.4 Å². The van der Waals surface area contributed by atoms with Gasteiger partial charge in [-0.05, 0) is 83.1 Å². The Morgan fingerprint density at radius 2 is 1.16 bits per heavy atom. The molecule has 12 nitrogen and oxygen atoms in total. The van der Waals surface area contributed by atoms with Gasteiger partial charge >= 0.3 is 0 Å². The van der Waals surface area contributed by atoms with Crippen LogP contribution < -0.4 is 15.6 Å². The van der Waals surface area contributed by atoms with Crippen molar-refractivity contribution in [2.75, 3.05) is 26.2 Å². The Morgan fingerprint density at radius 3 is 1.70 bits per heavy atom. The van der Waals surface area contributed by atoms with Crippen molar-refractivity contribution < 1.29 is 37.0 Å². The van der Waals surface area contributed by atoms with Crippen LogP contribution in [0, 0.1) is 29.2 Å². The molecule has 0 bridgehead atoms. The molecule has 3 unspecified atom stereocenters. The number of ether oxygens (including phenoxy) is 1. The Hall–Kier alpha value is -7.10. The average molecular weight is 877 g/mol. The van der Waals surface area contributed by atoms with E-state index < -0.39 is 81.4 Å². The molecule has 4 aromatic carbocycles. The van der Waals surface area contributed by atoms with Gasteiger partial charge < -0.3 is 19.6 Å². The van der Waals surface area contributed by atoms with Crippen molar-refractivity contribution in [2.45, 2.75) is 57.5 Å². The highest BCUT2D eigenvalue weighted by atomic mass is 19.1. The van der Waals surface area contributed by atoms with Crippen molar-refractivity contribution in [3.05, 3.63) is 181 Å². The number of halogens is 4. The third-order valence-electron chi connectivity index (χ3n) is 11.6. The topological polar surface area (TPSA) is 140 Å². The van der Waals surface area contributed by atoms with E-state index in [0.717, 1.165) is 18.5 Å². The number of aromatic nitrogens is 4. The number of amides is 2. The van der Waals surface area contributed by atoms with Gasteiger partial charge in [0.1, 0.15) is 29.0 Å². The molecule has 3 atom stereocenters. The number of carbonyl (C=O) groups excluding carboxylic acids is 2. The van der Waals surface area contributed by atoms with Crippen LogP contribution in [0.25, 0.3) is 0 Å². The molecule has 0 aliphatic carbocycles. The zero-order valence-corrected chi connectivity index (χ0v) is 35.1. The fourth-order valence-electron chi connectivity index (χ4n) is 8.93. The zero-order chi connectivity index (χ0) is 45.4. The molecule has 0 spiro atoms. The van der Waals surface area contributed by atoms with E-state index in [-0.39, 0.29) is 54.8 Å². The van der Waals surface area contributed by atoms with Crippen LogP contribution in [0.4, 0.5) is 17.6 Å². The van der Waals surface area contributed by atoms with Crippen LogP contribution in [0.2, 0.25) is 0 Å². The summed E-state index contributed by atoms with van der Waals surface area (Å²) in [5.41, 5.74) is -0.950. The van der Waals surface area contributed by atoms with Crippen molar-refractivity contribution in [3.8, 4) is 17.2 Å². The normalized spacial score (nSPS) is 16.6. The van der Waals surface area contributed by atoms with Gasteiger partial charge in [-0.15, -0.1) is 0 Å². The summed E-state index contributed by atoms with van der Waals surface area (Å²) in [6.45, 7) is 6.19. The lowest BCUT2D eigenvalue weighted by Gasteiger charge is -2.40. The van der Waals surface area contributed by atoms with Crippen LogP contribution in [0.1, 0.15) is 101 Å². The fraction of sp³-hybridized carbons (Fsp3) is 0.292. The lowest BCUT2D eigenvalue weighted by atomic mass is 9.83. The van der Waals surface area contributed by atoms with E-state index in [4.69, 9.17) is 4.74 Å². The molecule has 4 heterocycles. The van der Waals surface area contributed by atoms with E-state index in [9.17, 15) is 33.1 Å². The summed E-state index contributed by atoms with van der Waals surface area (Å²) in [4.78, 5) is 57.9. The summed E-state index contributed by atoms with van der Waals surface area (Å²) in [5, 5.41) is 19.6. The molecule has 1 N–H and O–H groups in total. The predicted molar refractivity (Wildman–Crippen MR) is 228 cm³/mol. The minimum Gasteiger partial charge on any atom is -0.502 e. The quantitative estimate of drug-likeness (QED) is 0.115. The molecule has 6 aromatic rings. The highest BCUT2D eigenvalue weighted by Gasteiger charge is 2.42. The van der Waals surface area contributed by atoms with Crippen LogP contribution in [0.5, 0.6) is 17.2 Å². The molecular formula is C48H44F4N6O6. The molecule has 16 heteroatoms. The summed E-state index contributed by atoms with van der Waals surface area (Å²) in [7, 11) is 0. The van der Waals surface area contributed by atoms with Crippen LogP contribution >= 0.6 is 0 Å². The summed E-state index contributed by atoms with van der Waals surface area (Å²) < 4.78 is 69.9. The van der Waals surface area contributed by atoms with Crippen LogP contribution in [-0.2, 0) is 0 Å². The summed E-state index contributed by atoms with van der Waals surface area (Å²) >= 11 is 0. The zero-order valence-electron chi connectivity index (χ0n) is 35.1. The number of unbranched alkanes of at least 4 members (excludes halogenated alkanes) is 1. The number of nitrogens with zero attached hydrogens (tertiary/aromatic N) is 6. The predicted octanol–water partition coefficient (Wildman–Crippen LogP) is 7.97.